The predicted octanol–water partition coefficient (Wildman–Crippen LogP) is 1.63. The van der Waals surface area contributed by atoms with Gasteiger partial charge in [0, 0.05) is 24.0 Å². The number of ether oxygens (including phenoxy) is 1. The maximum atomic E-state index is 11.6. The molecule has 1 amide bonds. The van der Waals surface area contributed by atoms with E-state index in [1.807, 2.05) is 30.3 Å². The summed E-state index contributed by atoms with van der Waals surface area (Å²) in [6, 6.07) is 11.4. The first-order chi connectivity index (χ1) is 11.8. The molecule has 1 N–H and O–H groups in total. The summed E-state index contributed by atoms with van der Waals surface area (Å²) in [4.78, 5) is 15.9. The van der Waals surface area contributed by atoms with Gasteiger partial charge in [-0.2, -0.15) is 5.10 Å². The first kappa shape index (κ1) is 15.6. The van der Waals surface area contributed by atoms with Crippen LogP contribution in [-0.2, 0) is 11.3 Å². The van der Waals surface area contributed by atoms with Crippen molar-refractivity contribution in [1.82, 2.24) is 20.1 Å². The van der Waals surface area contributed by atoms with E-state index < -0.39 is 0 Å². The highest BCUT2D eigenvalue weighted by atomic mass is 16.5. The SMILES string of the molecule is O=C(Cn1cccn1)NCC#CCOc1cccc2cccnc12. The first-order valence-electron chi connectivity index (χ1n) is 7.49. The summed E-state index contributed by atoms with van der Waals surface area (Å²) in [6.45, 7) is 0.703. The topological polar surface area (TPSA) is 69.0 Å². The highest BCUT2D eigenvalue weighted by molar-refractivity contribution is 5.84. The van der Waals surface area contributed by atoms with Gasteiger partial charge >= 0.3 is 0 Å². The lowest BCUT2D eigenvalue weighted by molar-refractivity contribution is -0.121. The van der Waals surface area contributed by atoms with E-state index in [0.717, 1.165) is 10.9 Å². The van der Waals surface area contributed by atoms with Crippen molar-refractivity contribution < 1.29 is 9.53 Å². The number of para-hydroxylation sites is 1. The molecule has 0 atom stereocenters. The van der Waals surface area contributed by atoms with Gasteiger partial charge in [-0.3, -0.25) is 14.5 Å². The van der Waals surface area contributed by atoms with Crippen molar-refractivity contribution in [3.63, 3.8) is 0 Å². The molecule has 6 nitrogen and oxygen atoms in total. The highest BCUT2D eigenvalue weighted by Crippen LogP contribution is 2.22. The van der Waals surface area contributed by atoms with Gasteiger partial charge in [-0.05, 0) is 18.2 Å². The number of rotatable bonds is 5. The van der Waals surface area contributed by atoms with E-state index in [1.165, 1.54) is 0 Å². The second-order valence-electron chi connectivity index (χ2n) is 4.95. The van der Waals surface area contributed by atoms with E-state index >= 15 is 0 Å². The van der Waals surface area contributed by atoms with Gasteiger partial charge in [0.2, 0.25) is 5.91 Å². The zero-order chi connectivity index (χ0) is 16.6. The third-order valence-electron chi connectivity index (χ3n) is 3.26. The number of amides is 1. The predicted molar refractivity (Wildman–Crippen MR) is 90.3 cm³/mol. The summed E-state index contributed by atoms with van der Waals surface area (Å²) < 4.78 is 7.20. The lowest BCUT2D eigenvalue weighted by atomic mass is 10.2. The van der Waals surface area contributed by atoms with Crippen molar-refractivity contribution in [2.45, 2.75) is 6.54 Å². The summed E-state index contributed by atoms with van der Waals surface area (Å²) in [7, 11) is 0. The summed E-state index contributed by atoms with van der Waals surface area (Å²) in [5.41, 5.74) is 0.814. The van der Waals surface area contributed by atoms with Crippen LogP contribution in [0.3, 0.4) is 0 Å². The van der Waals surface area contributed by atoms with Crippen LogP contribution in [0.2, 0.25) is 0 Å². The zero-order valence-electron chi connectivity index (χ0n) is 13.0. The zero-order valence-corrected chi connectivity index (χ0v) is 13.0. The first-order valence-corrected chi connectivity index (χ1v) is 7.49. The van der Waals surface area contributed by atoms with Crippen molar-refractivity contribution >= 4 is 16.8 Å². The number of nitrogens with zero attached hydrogens (tertiary/aromatic N) is 3. The maximum Gasteiger partial charge on any atom is 0.242 e. The summed E-state index contributed by atoms with van der Waals surface area (Å²) in [6.07, 6.45) is 5.10. The van der Waals surface area contributed by atoms with Crippen LogP contribution in [0.25, 0.3) is 10.9 Å². The minimum Gasteiger partial charge on any atom is -0.479 e. The number of pyridine rings is 1. The molecule has 1 aromatic carbocycles. The van der Waals surface area contributed by atoms with Crippen LogP contribution in [0.15, 0.2) is 55.0 Å². The number of hydrogen-bond acceptors (Lipinski definition) is 4. The Kier molecular flexibility index (Phi) is 5.05. The van der Waals surface area contributed by atoms with Gasteiger partial charge in [-0.15, -0.1) is 0 Å². The Bertz CT molecular complexity index is 873. The van der Waals surface area contributed by atoms with E-state index in [2.05, 4.69) is 27.2 Å². The van der Waals surface area contributed by atoms with Gasteiger partial charge in [0.25, 0.3) is 0 Å². The molecule has 0 aliphatic heterocycles. The van der Waals surface area contributed by atoms with Crippen LogP contribution in [-0.4, -0.2) is 33.8 Å². The van der Waals surface area contributed by atoms with Crippen LogP contribution in [0.5, 0.6) is 5.75 Å². The number of aromatic nitrogens is 3. The van der Waals surface area contributed by atoms with Gasteiger partial charge in [0.05, 0.1) is 6.54 Å². The third kappa shape index (κ3) is 4.11. The minimum atomic E-state index is -0.132. The lowest BCUT2D eigenvalue weighted by Gasteiger charge is -2.05. The Balaban J connectivity index is 1.45. The molecule has 0 bridgehead atoms. The van der Waals surface area contributed by atoms with Gasteiger partial charge in [-0.25, -0.2) is 0 Å². The molecule has 0 aliphatic rings. The van der Waals surface area contributed by atoms with Crippen molar-refractivity contribution in [3.05, 3.63) is 55.0 Å². The number of benzene rings is 1. The van der Waals surface area contributed by atoms with Crippen LogP contribution in [0.4, 0.5) is 0 Å². The number of fused-ring (bicyclic) bond motifs is 1. The van der Waals surface area contributed by atoms with E-state index in [9.17, 15) is 4.79 Å². The molecule has 0 saturated heterocycles. The van der Waals surface area contributed by atoms with Crippen LogP contribution in [0.1, 0.15) is 0 Å². The van der Waals surface area contributed by atoms with E-state index in [0.29, 0.717) is 5.75 Å². The monoisotopic (exact) mass is 320 g/mol. The number of hydrogen-bond donors (Lipinski definition) is 1. The molecule has 3 rings (SSSR count). The fraction of sp³-hybridized carbons (Fsp3) is 0.167. The quantitative estimate of drug-likeness (QED) is 0.726. The van der Waals surface area contributed by atoms with Gasteiger partial charge in [0.15, 0.2) is 0 Å². The number of carbonyl (C=O) groups excluding carboxylic acids is 1. The van der Waals surface area contributed by atoms with Gasteiger partial charge < -0.3 is 10.1 Å². The molecule has 0 spiro atoms. The van der Waals surface area contributed by atoms with Crippen LogP contribution < -0.4 is 10.1 Å². The van der Waals surface area contributed by atoms with Gasteiger partial charge in [0.1, 0.15) is 24.4 Å². The van der Waals surface area contributed by atoms with Gasteiger partial charge in [-0.1, -0.05) is 30.0 Å². The summed E-state index contributed by atoms with van der Waals surface area (Å²) >= 11 is 0. The normalized spacial score (nSPS) is 10.0. The minimum absolute atomic E-state index is 0.132. The highest BCUT2D eigenvalue weighted by Gasteiger charge is 2.01. The molecule has 0 aliphatic carbocycles. The molecule has 24 heavy (non-hydrogen) atoms. The Morgan fingerprint density at radius 3 is 2.96 bits per heavy atom. The average Bonchev–Trinajstić information content (AvgIpc) is 3.11. The fourth-order valence-corrected chi connectivity index (χ4v) is 2.16. The molecule has 2 aromatic heterocycles. The number of nitrogens with one attached hydrogen (secondary N) is 1. The Hall–Kier alpha value is -3.33. The van der Waals surface area contributed by atoms with Crippen LogP contribution in [0, 0.1) is 11.8 Å². The molecule has 0 unspecified atom stereocenters. The molecular weight excluding hydrogens is 304 g/mol. The molecule has 0 saturated carbocycles. The molecule has 0 radical (unpaired) electrons. The van der Waals surface area contributed by atoms with Crippen LogP contribution >= 0.6 is 0 Å². The second kappa shape index (κ2) is 7.79. The molecule has 6 heteroatoms. The molecule has 3 aromatic rings. The largest absolute Gasteiger partial charge is 0.479 e. The van der Waals surface area contributed by atoms with Crippen molar-refractivity contribution in [1.29, 1.82) is 0 Å². The smallest absolute Gasteiger partial charge is 0.242 e. The molecule has 0 fully saturated rings. The second-order valence-corrected chi connectivity index (χ2v) is 4.95. The molecule has 120 valence electrons. The van der Waals surface area contributed by atoms with E-state index in [1.54, 1.807) is 29.3 Å². The van der Waals surface area contributed by atoms with Crippen molar-refractivity contribution in [2.75, 3.05) is 13.2 Å². The van der Waals surface area contributed by atoms with Crippen molar-refractivity contribution in [3.8, 4) is 17.6 Å². The Morgan fingerprint density at radius 1 is 1.17 bits per heavy atom. The summed E-state index contributed by atoms with van der Waals surface area (Å²) in [5.74, 6) is 6.30. The standard InChI is InChI=1S/C18H16N4O2/c23-17(14-22-12-5-11-21-22)19-9-1-2-13-24-16-8-3-6-15-7-4-10-20-18(15)16/h3-8,10-12H,9,13-14H2,(H,19,23). The fourth-order valence-electron chi connectivity index (χ4n) is 2.16. The number of carbonyl (C=O) groups is 1. The van der Waals surface area contributed by atoms with Crippen molar-refractivity contribution in [2.24, 2.45) is 0 Å². The third-order valence-corrected chi connectivity index (χ3v) is 3.26. The maximum absolute atomic E-state index is 11.6. The lowest BCUT2D eigenvalue weighted by Crippen LogP contribution is -2.28. The summed E-state index contributed by atoms with van der Waals surface area (Å²) in [5, 5.41) is 7.70. The Morgan fingerprint density at radius 2 is 2.08 bits per heavy atom. The molecular formula is C18H16N4O2. The average molecular weight is 320 g/mol. The van der Waals surface area contributed by atoms with E-state index in [-0.39, 0.29) is 25.6 Å². The Labute approximate surface area is 139 Å². The van der Waals surface area contributed by atoms with E-state index in [4.69, 9.17) is 4.74 Å². The molecule has 2 heterocycles.